The van der Waals surface area contributed by atoms with Crippen LogP contribution < -0.4 is 4.74 Å². The minimum absolute atomic E-state index is 0.326. The Morgan fingerprint density at radius 3 is 2.55 bits per heavy atom. The predicted octanol–water partition coefficient (Wildman–Crippen LogP) is 5.25. The van der Waals surface area contributed by atoms with Gasteiger partial charge in [-0.05, 0) is 60.0 Å². The molecule has 1 N–H and O–H groups in total. The van der Waals surface area contributed by atoms with Crippen LogP contribution in [0, 0.1) is 11.8 Å². The Bertz CT molecular complexity index is 1110. The molecule has 0 aromatic heterocycles. The second kappa shape index (κ2) is 11.0. The molecule has 3 aromatic rings. The third-order valence-corrected chi connectivity index (χ3v) is 4.81. The zero-order valence-corrected chi connectivity index (χ0v) is 17.8. The number of hydrogen-bond donors (Lipinski definition) is 1. The summed E-state index contributed by atoms with van der Waals surface area (Å²) in [6.07, 6.45) is 1.44. The van der Waals surface area contributed by atoms with Gasteiger partial charge in [0.1, 0.15) is 12.4 Å². The number of allylic oxidation sites excluding steroid dienone is 1. The normalized spacial score (nSPS) is 12.1. The summed E-state index contributed by atoms with van der Waals surface area (Å²) in [7, 11) is 0. The first kappa shape index (κ1) is 22.1. The summed E-state index contributed by atoms with van der Waals surface area (Å²) < 4.78 is 11.0. The van der Waals surface area contributed by atoms with E-state index in [9.17, 15) is 9.90 Å². The lowest BCUT2D eigenvalue weighted by atomic mass is 10.0. The van der Waals surface area contributed by atoms with Crippen molar-refractivity contribution in [1.29, 1.82) is 0 Å². The fraction of sp³-hybridized carbons (Fsp3) is 0.222. The molecule has 3 rings (SSSR count). The van der Waals surface area contributed by atoms with E-state index in [0.717, 1.165) is 27.8 Å². The lowest BCUT2D eigenvalue weighted by molar-refractivity contribution is -0.149. The smallest absolute Gasteiger partial charge is 0.333 e. The largest absolute Gasteiger partial charge is 0.490 e. The summed E-state index contributed by atoms with van der Waals surface area (Å²) in [5.74, 6) is 6.21. The summed E-state index contributed by atoms with van der Waals surface area (Å²) >= 11 is 0. The molecule has 0 heterocycles. The van der Waals surface area contributed by atoms with Gasteiger partial charge in [-0.25, -0.2) is 4.79 Å². The minimum Gasteiger partial charge on any atom is -0.490 e. The van der Waals surface area contributed by atoms with E-state index >= 15 is 0 Å². The molecule has 0 radical (unpaired) electrons. The van der Waals surface area contributed by atoms with Gasteiger partial charge in [0, 0.05) is 18.6 Å². The van der Waals surface area contributed by atoms with E-state index in [0.29, 0.717) is 19.6 Å². The van der Waals surface area contributed by atoms with Gasteiger partial charge >= 0.3 is 5.97 Å². The summed E-state index contributed by atoms with van der Waals surface area (Å²) in [6, 6.07) is 21.7. The van der Waals surface area contributed by atoms with Gasteiger partial charge in [-0.3, -0.25) is 0 Å². The highest BCUT2D eigenvalue weighted by Crippen LogP contribution is 2.18. The number of benzene rings is 3. The van der Waals surface area contributed by atoms with Crippen LogP contribution in [0.1, 0.15) is 25.0 Å². The van der Waals surface area contributed by atoms with E-state index in [1.807, 2.05) is 61.5 Å². The van der Waals surface area contributed by atoms with E-state index < -0.39 is 12.1 Å². The van der Waals surface area contributed by atoms with Gasteiger partial charge < -0.3 is 14.6 Å². The standard InChI is InChI=1S/C27H26O4/c1-3-30-26(27(28)29)19-21-12-15-24(16-13-21)31-18-17-20(2)11-14-23-9-6-8-22-7-4-5-10-25(22)23/h4-10,12-13,15-17,26H,3,18-19H2,1-2H3,(H,28,29)/b20-17-. The molecule has 0 aliphatic heterocycles. The Morgan fingerprint density at radius 2 is 1.81 bits per heavy atom. The monoisotopic (exact) mass is 414 g/mol. The second-order valence-electron chi connectivity index (χ2n) is 7.11. The minimum atomic E-state index is -0.951. The molecule has 0 aliphatic rings. The summed E-state index contributed by atoms with van der Waals surface area (Å²) in [4.78, 5) is 11.2. The molecule has 1 atom stereocenters. The van der Waals surface area contributed by atoms with Crippen LogP contribution in [0.2, 0.25) is 0 Å². The predicted molar refractivity (Wildman–Crippen MR) is 123 cm³/mol. The number of rotatable bonds is 8. The van der Waals surface area contributed by atoms with Crippen LogP contribution in [0.5, 0.6) is 5.75 Å². The lowest BCUT2D eigenvalue weighted by Crippen LogP contribution is -2.26. The van der Waals surface area contributed by atoms with Crippen LogP contribution in [0.15, 0.2) is 78.4 Å². The Morgan fingerprint density at radius 1 is 1.06 bits per heavy atom. The van der Waals surface area contributed by atoms with Gasteiger partial charge in [0.25, 0.3) is 0 Å². The molecule has 0 fully saturated rings. The Kier molecular flexibility index (Phi) is 7.86. The summed E-state index contributed by atoms with van der Waals surface area (Å²) in [5.41, 5.74) is 2.83. The zero-order chi connectivity index (χ0) is 22.1. The van der Waals surface area contributed by atoms with Gasteiger partial charge in [-0.1, -0.05) is 60.4 Å². The number of carbonyl (C=O) groups is 1. The lowest BCUT2D eigenvalue weighted by Gasteiger charge is -2.12. The third kappa shape index (κ3) is 6.47. The van der Waals surface area contributed by atoms with Gasteiger partial charge in [0.15, 0.2) is 6.10 Å². The van der Waals surface area contributed by atoms with E-state index in [1.165, 1.54) is 5.39 Å². The quantitative estimate of drug-likeness (QED) is 0.512. The first-order valence-corrected chi connectivity index (χ1v) is 10.3. The van der Waals surface area contributed by atoms with Crippen LogP contribution in [0.4, 0.5) is 0 Å². The van der Waals surface area contributed by atoms with Crippen molar-refractivity contribution in [3.63, 3.8) is 0 Å². The highest BCUT2D eigenvalue weighted by molar-refractivity contribution is 5.88. The molecule has 4 heteroatoms. The van der Waals surface area contributed by atoms with Crippen molar-refractivity contribution in [1.82, 2.24) is 0 Å². The molecule has 0 amide bonds. The van der Waals surface area contributed by atoms with Crippen LogP contribution in [0.3, 0.4) is 0 Å². The molecule has 0 spiro atoms. The first-order chi connectivity index (χ1) is 15.1. The average Bonchev–Trinajstić information content (AvgIpc) is 2.78. The molecule has 3 aromatic carbocycles. The third-order valence-electron chi connectivity index (χ3n) is 4.81. The zero-order valence-electron chi connectivity index (χ0n) is 17.8. The number of carboxylic acid groups (broad SMARTS) is 1. The number of fused-ring (bicyclic) bond motifs is 1. The topological polar surface area (TPSA) is 55.8 Å². The highest BCUT2D eigenvalue weighted by Gasteiger charge is 2.17. The van der Waals surface area contributed by atoms with Crippen molar-refractivity contribution < 1.29 is 19.4 Å². The van der Waals surface area contributed by atoms with E-state index in [4.69, 9.17) is 9.47 Å². The van der Waals surface area contributed by atoms with Crippen LogP contribution in [0.25, 0.3) is 10.8 Å². The molecule has 0 aliphatic carbocycles. The molecule has 4 nitrogen and oxygen atoms in total. The van der Waals surface area contributed by atoms with E-state index in [1.54, 1.807) is 6.92 Å². The first-order valence-electron chi connectivity index (χ1n) is 10.3. The molecular weight excluding hydrogens is 388 g/mol. The van der Waals surface area contributed by atoms with Gasteiger partial charge in [-0.2, -0.15) is 0 Å². The maximum atomic E-state index is 11.2. The fourth-order valence-corrected chi connectivity index (χ4v) is 3.17. The summed E-state index contributed by atoms with van der Waals surface area (Å²) in [5, 5.41) is 11.5. The SMILES string of the molecule is CCOC(Cc1ccc(OC/C=C(/C)C#Cc2cccc3ccccc23)cc1)C(=O)O. The maximum Gasteiger partial charge on any atom is 0.333 e. The molecule has 0 bridgehead atoms. The highest BCUT2D eigenvalue weighted by atomic mass is 16.5. The number of hydrogen-bond acceptors (Lipinski definition) is 3. The molecule has 158 valence electrons. The maximum absolute atomic E-state index is 11.2. The number of ether oxygens (including phenoxy) is 2. The van der Waals surface area contributed by atoms with Crippen molar-refractivity contribution in [3.8, 4) is 17.6 Å². The average molecular weight is 415 g/mol. The van der Waals surface area contributed by atoms with E-state index in [2.05, 4.69) is 30.0 Å². The van der Waals surface area contributed by atoms with Crippen LogP contribution in [-0.2, 0) is 16.0 Å². The van der Waals surface area contributed by atoms with Crippen molar-refractivity contribution in [3.05, 3.63) is 89.5 Å². The van der Waals surface area contributed by atoms with Crippen molar-refractivity contribution in [2.45, 2.75) is 26.4 Å². The Labute approximate surface area is 183 Å². The molecular formula is C27H26O4. The fourth-order valence-electron chi connectivity index (χ4n) is 3.17. The number of aliphatic carboxylic acids is 1. The molecule has 0 saturated carbocycles. The molecule has 31 heavy (non-hydrogen) atoms. The van der Waals surface area contributed by atoms with E-state index in [-0.39, 0.29) is 0 Å². The van der Waals surface area contributed by atoms with Crippen LogP contribution >= 0.6 is 0 Å². The van der Waals surface area contributed by atoms with Crippen molar-refractivity contribution in [2.75, 3.05) is 13.2 Å². The Hall–Kier alpha value is -3.55. The molecule has 0 saturated heterocycles. The molecule has 1 unspecified atom stereocenters. The van der Waals surface area contributed by atoms with Gasteiger partial charge in [0.2, 0.25) is 0 Å². The second-order valence-corrected chi connectivity index (χ2v) is 7.11. The van der Waals surface area contributed by atoms with Crippen molar-refractivity contribution >= 4 is 16.7 Å². The Balaban J connectivity index is 1.57. The van der Waals surface area contributed by atoms with Gasteiger partial charge in [0.05, 0.1) is 0 Å². The number of carboxylic acids is 1. The van der Waals surface area contributed by atoms with Gasteiger partial charge in [-0.15, -0.1) is 0 Å². The van der Waals surface area contributed by atoms with Crippen molar-refractivity contribution in [2.24, 2.45) is 0 Å². The van der Waals surface area contributed by atoms with Crippen LogP contribution in [-0.4, -0.2) is 30.4 Å². The summed E-state index contributed by atoms with van der Waals surface area (Å²) in [6.45, 7) is 4.53.